The van der Waals surface area contributed by atoms with Crippen LogP contribution in [-0.4, -0.2) is 17.8 Å². The number of ether oxygens (including phenoxy) is 2. The SMILES string of the molecule is C=CC(OC(=O)OC)c1cc2cc(C)ccc2n1C. The average Bonchev–Trinajstić information content (AvgIpc) is 2.72. The molecule has 0 saturated heterocycles. The number of aromatic nitrogens is 1. The van der Waals surface area contributed by atoms with Crippen molar-refractivity contribution in [3.63, 3.8) is 0 Å². The van der Waals surface area contributed by atoms with E-state index in [0.29, 0.717) is 0 Å². The molecule has 0 bridgehead atoms. The van der Waals surface area contributed by atoms with Gasteiger partial charge in [0.1, 0.15) is 0 Å². The Kier molecular flexibility index (Phi) is 3.60. The summed E-state index contributed by atoms with van der Waals surface area (Å²) in [5.41, 5.74) is 3.13. The van der Waals surface area contributed by atoms with E-state index >= 15 is 0 Å². The summed E-state index contributed by atoms with van der Waals surface area (Å²) < 4.78 is 11.7. The summed E-state index contributed by atoms with van der Waals surface area (Å²) >= 11 is 0. The predicted molar refractivity (Wildman–Crippen MR) is 74.1 cm³/mol. The molecule has 1 atom stereocenters. The van der Waals surface area contributed by atoms with Gasteiger partial charge in [0.05, 0.1) is 12.8 Å². The number of rotatable bonds is 3. The van der Waals surface area contributed by atoms with Crippen molar-refractivity contribution in [3.8, 4) is 0 Å². The first-order chi connectivity index (χ1) is 9.06. The molecule has 100 valence electrons. The number of aryl methyl sites for hydroxylation is 2. The highest BCUT2D eigenvalue weighted by atomic mass is 16.7. The number of hydrogen-bond acceptors (Lipinski definition) is 3. The third-order valence-electron chi connectivity index (χ3n) is 3.13. The Morgan fingerprint density at radius 3 is 2.79 bits per heavy atom. The van der Waals surface area contributed by atoms with Gasteiger partial charge in [-0.1, -0.05) is 18.2 Å². The van der Waals surface area contributed by atoms with E-state index in [1.54, 1.807) is 6.08 Å². The maximum atomic E-state index is 11.2. The van der Waals surface area contributed by atoms with Gasteiger partial charge in [-0.15, -0.1) is 0 Å². The lowest BCUT2D eigenvalue weighted by Crippen LogP contribution is -2.12. The average molecular weight is 259 g/mol. The van der Waals surface area contributed by atoms with E-state index in [-0.39, 0.29) is 0 Å². The topological polar surface area (TPSA) is 40.5 Å². The van der Waals surface area contributed by atoms with Gasteiger partial charge in [0.25, 0.3) is 0 Å². The van der Waals surface area contributed by atoms with Crippen molar-refractivity contribution in [3.05, 3.63) is 48.2 Å². The fourth-order valence-corrected chi connectivity index (χ4v) is 2.14. The Morgan fingerprint density at radius 1 is 1.42 bits per heavy atom. The number of hydrogen-bond donors (Lipinski definition) is 0. The molecular weight excluding hydrogens is 242 g/mol. The molecule has 2 aromatic rings. The summed E-state index contributed by atoms with van der Waals surface area (Å²) in [6.07, 6.45) is 0.342. The first-order valence-electron chi connectivity index (χ1n) is 6.00. The normalized spacial score (nSPS) is 12.2. The maximum Gasteiger partial charge on any atom is 0.508 e. The third kappa shape index (κ3) is 2.47. The minimum Gasteiger partial charge on any atom is -0.438 e. The largest absolute Gasteiger partial charge is 0.508 e. The zero-order valence-electron chi connectivity index (χ0n) is 11.3. The highest BCUT2D eigenvalue weighted by molar-refractivity contribution is 5.82. The van der Waals surface area contributed by atoms with E-state index in [2.05, 4.69) is 23.4 Å². The number of carbonyl (C=O) groups is 1. The van der Waals surface area contributed by atoms with E-state index < -0.39 is 12.3 Å². The number of fused-ring (bicyclic) bond motifs is 1. The van der Waals surface area contributed by atoms with E-state index in [1.807, 2.05) is 30.7 Å². The second-order valence-corrected chi connectivity index (χ2v) is 4.42. The van der Waals surface area contributed by atoms with Crippen LogP contribution in [0.4, 0.5) is 4.79 Å². The Balaban J connectivity index is 2.45. The molecular formula is C15H17NO3. The van der Waals surface area contributed by atoms with Crippen molar-refractivity contribution in [2.45, 2.75) is 13.0 Å². The van der Waals surface area contributed by atoms with Crippen molar-refractivity contribution in [1.29, 1.82) is 0 Å². The second-order valence-electron chi connectivity index (χ2n) is 4.42. The van der Waals surface area contributed by atoms with Crippen LogP contribution in [0, 0.1) is 6.92 Å². The molecule has 0 radical (unpaired) electrons. The molecule has 2 rings (SSSR count). The quantitative estimate of drug-likeness (QED) is 0.625. The van der Waals surface area contributed by atoms with Crippen LogP contribution in [0.3, 0.4) is 0 Å². The Morgan fingerprint density at radius 2 is 2.16 bits per heavy atom. The van der Waals surface area contributed by atoms with Crippen molar-refractivity contribution >= 4 is 17.1 Å². The standard InChI is InChI=1S/C15H17NO3/c1-5-14(19-15(17)18-4)13-9-11-8-10(2)6-7-12(11)16(13)3/h5-9,14H,1H2,2-4H3. The van der Waals surface area contributed by atoms with Gasteiger partial charge in [-0.05, 0) is 31.2 Å². The zero-order chi connectivity index (χ0) is 14.0. The Hall–Kier alpha value is -2.23. The zero-order valence-corrected chi connectivity index (χ0v) is 11.3. The van der Waals surface area contributed by atoms with Crippen LogP contribution < -0.4 is 0 Å². The van der Waals surface area contributed by atoms with Crippen LogP contribution in [-0.2, 0) is 16.5 Å². The van der Waals surface area contributed by atoms with Crippen LogP contribution in [0.25, 0.3) is 10.9 Å². The molecule has 1 aromatic heterocycles. The number of carbonyl (C=O) groups excluding carboxylic acids is 1. The van der Waals surface area contributed by atoms with E-state index in [1.165, 1.54) is 12.7 Å². The molecule has 0 aliphatic heterocycles. The molecule has 4 nitrogen and oxygen atoms in total. The van der Waals surface area contributed by atoms with E-state index in [9.17, 15) is 4.79 Å². The minimum atomic E-state index is -0.716. The monoisotopic (exact) mass is 259 g/mol. The van der Waals surface area contributed by atoms with Gasteiger partial charge < -0.3 is 14.0 Å². The lowest BCUT2D eigenvalue weighted by Gasteiger charge is -2.14. The number of benzene rings is 1. The van der Waals surface area contributed by atoms with Crippen molar-refractivity contribution in [2.75, 3.05) is 7.11 Å². The summed E-state index contributed by atoms with van der Waals surface area (Å²) in [6.45, 7) is 5.75. The van der Waals surface area contributed by atoms with Gasteiger partial charge in [-0.25, -0.2) is 4.79 Å². The smallest absolute Gasteiger partial charge is 0.438 e. The molecule has 1 heterocycles. The van der Waals surface area contributed by atoms with Crippen LogP contribution in [0.2, 0.25) is 0 Å². The van der Waals surface area contributed by atoms with Gasteiger partial charge in [0.15, 0.2) is 6.10 Å². The highest BCUT2D eigenvalue weighted by Crippen LogP contribution is 2.27. The molecule has 1 aromatic carbocycles. The number of methoxy groups -OCH3 is 1. The summed E-state index contributed by atoms with van der Waals surface area (Å²) in [5, 5.41) is 1.11. The van der Waals surface area contributed by atoms with Crippen molar-refractivity contribution in [2.24, 2.45) is 7.05 Å². The molecule has 1 unspecified atom stereocenters. The van der Waals surface area contributed by atoms with Gasteiger partial charge in [-0.2, -0.15) is 0 Å². The molecule has 0 fully saturated rings. The van der Waals surface area contributed by atoms with E-state index in [4.69, 9.17) is 4.74 Å². The Bertz CT molecular complexity index is 628. The fraction of sp³-hybridized carbons (Fsp3) is 0.267. The van der Waals surface area contributed by atoms with Gasteiger partial charge >= 0.3 is 6.16 Å². The van der Waals surface area contributed by atoms with Gasteiger partial charge in [0, 0.05) is 18.0 Å². The van der Waals surface area contributed by atoms with E-state index in [0.717, 1.165) is 16.6 Å². The first kappa shape index (κ1) is 13.2. The van der Waals surface area contributed by atoms with Crippen LogP contribution in [0.1, 0.15) is 17.4 Å². The third-order valence-corrected chi connectivity index (χ3v) is 3.13. The van der Waals surface area contributed by atoms with Crippen molar-refractivity contribution in [1.82, 2.24) is 4.57 Å². The first-order valence-corrected chi connectivity index (χ1v) is 6.00. The van der Waals surface area contributed by atoms with Crippen LogP contribution in [0.15, 0.2) is 36.9 Å². The minimum absolute atomic E-state index is 0.523. The Labute approximate surface area is 112 Å². The fourth-order valence-electron chi connectivity index (χ4n) is 2.14. The summed E-state index contributed by atoms with van der Waals surface area (Å²) in [5.74, 6) is 0. The summed E-state index contributed by atoms with van der Waals surface area (Å²) in [4.78, 5) is 11.2. The molecule has 0 spiro atoms. The molecule has 0 N–H and O–H groups in total. The molecule has 0 amide bonds. The van der Waals surface area contributed by atoms with Crippen LogP contribution >= 0.6 is 0 Å². The molecule has 0 saturated carbocycles. The lowest BCUT2D eigenvalue weighted by atomic mass is 10.1. The van der Waals surface area contributed by atoms with Crippen molar-refractivity contribution < 1.29 is 14.3 Å². The summed E-state index contributed by atoms with van der Waals surface area (Å²) in [7, 11) is 3.22. The number of nitrogens with zero attached hydrogens (tertiary/aromatic N) is 1. The summed E-state index contributed by atoms with van der Waals surface area (Å²) in [6, 6.07) is 8.19. The lowest BCUT2D eigenvalue weighted by molar-refractivity contribution is 0.0503. The second kappa shape index (κ2) is 5.18. The molecule has 19 heavy (non-hydrogen) atoms. The van der Waals surface area contributed by atoms with Gasteiger partial charge in [-0.3, -0.25) is 0 Å². The molecule has 0 aliphatic rings. The van der Waals surface area contributed by atoms with Crippen LogP contribution in [0.5, 0.6) is 0 Å². The predicted octanol–water partition coefficient (Wildman–Crippen LogP) is 3.50. The molecule has 4 heteroatoms. The maximum absolute atomic E-state index is 11.2. The molecule has 0 aliphatic carbocycles. The highest BCUT2D eigenvalue weighted by Gasteiger charge is 2.18. The van der Waals surface area contributed by atoms with Gasteiger partial charge in [0.2, 0.25) is 0 Å².